The highest BCUT2D eigenvalue weighted by atomic mass is 28.4. The van der Waals surface area contributed by atoms with Gasteiger partial charge in [-0.25, -0.2) is 0 Å². The van der Waals surface area contributed by atoms with Crippen LogP contribution in [0.1, 0.15) is 25.0 Å². The molecule has 0 unspecified atom stereocenters. The molecule has 3 heteroatoms. The van der Waals surface area contributed by atoms with E-state index in [2.05, 4.69) is 37.6 Å². The minimum atomic E-state index is -1.57. The zero-order chi connectivity index (χ0) is 14.5. The van der Waals surface area contributed by atoms with E-state index in [1.165, 1.54) is 0 Å². The van der Waals surface area contributed by atoms with Gasteiger partial charge in [-0.05, 0) is 51.2 Å². The summed E-state index contributed by atoms with van der Waals surface area (Å²) in [5.74, 6) is 6.36. The van der Waals surface area contributed by atoms with Gasteiger partial charge in [0.1, 0.15) is 5.60 Å². The first-order valence-corrected chi connectivity index (χ1v) is 9.82. The van der Waals surface area contributed by atoms with Gasteiger partial charge in [0.25, 0.3) is 0 Å². The first-order chi connectivity index (χ1) is 8.72. The van der Waals surface area contributed by atoms with E-state index >= 15 is 0 Å². The van der Waals surface area contributed by atoms with E-state index in [0.29, 0.717) is 12.0 Å². The van der Waals surface area contributed by atoms with Gasteiger partial charge in [0, 0.05) is 6.42 Å². The highest BCUT2D eigenvalue weighted by molar-refractivity contribution is 6.69. The Kier molecular flexibility index (Phi) is 4.95. The Morgan fingerprint density at radius 2 is 1.74 bits per heavy atom. The molecule has 1 rings (SSSR count). The van der Waals surface area contributed by atoms with Gasteiger partial charge in [-0.3, -0.25) is 0 Å². The van der Waals surface area contributed by atoms with Gasteiger partial charge < -0.3 is 4.43 Å². The zero-order valence-electron chi connectivity index (χ0n) is 12.4. The molecule has 0 atom stereocenters. The maximum atomic E-state index is 8.73. The second kappa shape index (κ2) is 6.06. The quantitative estimate of drug-likeness (QED) is 0.620. The van der Waals surface area contributed by atoms with E-state index < -0.39 is 13.9 Å². The van der Waals surface area contributed by atoms with Crippen LogP contribution in [0.2, 0.25) is 19.6 Å². The third kappa shape index (κ3) is 6.24. The molecule has 0 aliphatic carbocycles. The lowest BCUT2D eigenvalue weighted by molar-refractivity contribution is 0.164. The van der Waals surface area contributed by atoms with E-state index in [9.17, 15) is 0 Å². The Hall–Kier alpha value is -1.55. The van der Waals surface area contributed by atoms with Crippen LogP contribution in [0.5, 0.6) is 0 Å². The molecule has 0 N–H and O–H groups in total. The fraction of sp³-hybridized carbons (Fsp3) is 0.438. The normalized spacial score (nSPS) is 11.4. The Morgan fingerprint density at radius 3 is 2.21 bits per heavy atom. The minimum absolute atomic E-state index is 0.392. The Morgan fingerprint density at radius 1 is 1.16 bits per heavy atom. The third-order valence-electron chi connectivity index (χ3n) is 2.33. The second-order valence-corrected chi connectivity index (χ2v) is 10.4. The van der Waals surface area contributed by atoms with Crippen molar-refractivity contribution in [1.29, 1.82) is 5.26 Å². The van der Waals surface area contributed by atoms with Crippen molar-refractivity contribution < 1.29 is 4.43 Å². The Bertz CT molecular complexity index is 521. The van der Waals surface area contributed by atoms with Crippen LogP contribution >= 0.6 is 0 Å². The summed E-state index contributed by atoms with van der Waals surface area (Å²) in [5.41, 5.74) is 1.41. The fourth-order valence-electron chi connectivity index (χ4n) is 1.85. The molecule has 0 aliphatic rings. The number of hydrogen-bond acceptors (Lipinski definition) is 2. The average Bonchev–Trinajstić information content (AvgIpc) is 2.26. The Balaban J connectivity index is 2.66. The predicted molar refractivity (Wildman–Crippen MR) is 81.1 cm³/mol. The molecule has 0 saturated carbocycles. The van der Waals surface area contributed by atoms with Crippen LogP contribution in [0.3, 0.4) is 0 Å². The standard InChI is InChI=1S/C16H21NOSi/c1-16(2,18-19(3,4)5)12-6-7-14-8-10-15(13-17)11-9-14/h8-11H,7H2,1-5H3. The van der Waals surface area contributed by atoms with E-state index in [0.717, 1.165) is 5.56 Å². The Labute approximate surface area is 117 Å². The summed E-state index contributed by atoms with van der Waals surface area (Å²) in [6.45, 7) is 10.5. The first kappa shape index (κ1) is 15.5. The monoisotopic (exact) mass is 271 g/mol. The summed E-state index contributed by atoms with van der Waals surface area (Å²) in [6.07, 6.45) is 0.685. The average molecular weight is 271 g/mol. The van der Waals surface area contributed by atoms with Crippen molar-refractivity contribution in [3.8, 4) is 17.9 Å². The highest BCUT2D eigenvalue weighted by Crippen LogP contribution is 2.16. The number of nitrogens with zero attached hydrogens (tertiary/aromatic N) is 1. The molecule has 0 aliphatic heterocycles. The summed E-state index contributed by atoms with van der Waals surface area (Å²) in [5, 5.41) is 8.73. The molecule has 100 valence electrons. The van der Waals surface area contributed by atoms with Crippen molar-refractivity contribution in [2.45, 2.75) is 45.5 Å². The maximum Gasteiger partial charge on any atom is 0.185 e. The molecule has 0 bridgehead atoms. The molecule has 0 aromatic heterocycles. The molecular formula is C16H21NOSi. The zero-order valence-corrected chi connectivity index (χ0v) is 13.4. The number of benzene rings is 1. The summed E-state index contributed by atoms with van der Waals surface area (Å²) in [6, 6.07) is 9.64. The molecule has 0 radical (unpaired) electrons. The van der Waals surface area contributed by atoms with Crippen LogP contribution < -0.4 is 0 Å². The van der Waals surface area contributed by atoms with Crippen LogP contribution in [0, 0.1) is 23.2 Å². The largest absolute Gasteiger partial charge is 0.402 e. The molecule has 1 aromatic carbocycles. The fourth-order valence-corrected chi connectivity index (χ4v) is 3.43. The van der Waals surface area contributed by atoms with Crippen molar-refractivity contribution in [2.24, 2.45) is 0 Å². The molecular weight excluding hydrogens is 250 g/mol. The first-order valence-electron chi connectivity index (χ1n) is 6.41. The topological polar surface area (TPSA) is 33.0 Å². The van der Waals surface area contributed by atoms with Gasteiger partial charge in [0.2, 0.25) is 0 Å². The van der Waals surface area contributed by atoms with Gasteiger partial charge in [0.05, 0.1) is 11.6 Å². The van der Waals surface area contributed by atoms with Gasteiger partial charge in [-0.1, -0.05) is 24.0 Å². The van der Waals surface area contributed by atoms with Crippen molar-refractivity contribution in [1.82, 2.24) is 0 Å². The molecule has 1 aromatic rings. The van der Waals surface area contributed by atoms with E-state index in [-0.39, 0.29) is 0 Å². The van der Waals surface area contributed by atoms with Crippen LogP contribution in [-0.2, 0) is 10.8 Å². The molecule has 2 nitrogen and oxygen atoms in total. The van der Waals surface area contributed by atoms with Gasteiger partial charge >= 0.3 is 0 Å². The number of nitriles is 1. The van der Waals surface area contributed by atoms with Crippen molar-refractivity contribution in [3.05, 3.63) is 35.4 Å². The summed E-state index contributed by atoms with van der Waals surface area (Å²) in [7, 11) is -1.57. The molecule has 0 saturated heterocycles. The van der Waals surface area contributed by atoms with Crippen LogP contribution in [0.4, 0.5) is 0 Å². The molecule has 19 heavy (non-hydrogen) atoms. The van der Waals surface area contributed by atoms with E-state index in [1.807, 2.05) is 38.1 Å². The van der Waals surface area contributed by atoms with Gasteiger partial charge in [-0.2, -0.15) is 5.26 Å². The highest BCUT2D eigenvalue weighted by Gasteiger charge is 2.25. The minimum Gasteiger partial charge on any atom is -0.402 e. The molecule has 0 amide bonds. The van der Waals surface area contributed by atoms with Crippen LogP contribution in [-0.4, -0.2) is 13.9 Å². The SMILES string of the molecule is CC(C)(C#CCc1ccc(C#N)cc1)O[Si](C)(C)C. The summed E-state index contributed by atoms with van der Waals surface area (Å²) < 4.78 is 6.02. The molecule has 0 spiro atoms. The third-order valence-corrected chi connectivity index (χ3v) is 3.45. The molecule has 0 fully saturated rings. The van der Waals surface area contributed by atoms with Crippen LogP contribution in [0.25, 0.3) is 0 Å². The van der Waals surface area contributed by atoms with Crippen LogP contribution in [0.15, 0.2) is 24.3 Å². The number of rotatable bonds is 3. The maximum absolute atomic E-state index is 8.73. The van der Waals surface area contributed by atoms with Crippen molar-refractivity contribution in [2.75, 3.05) is 0 Å². The summed E-state index contributed by atoms with van der Waals surface area (Å²) >= 11 is 0. The lowest BCUT2D eigenvalue weighted by atomic mass is 10.1. The van der Waals surface area contributed by atoms with Gasteiger partial charge in [0.15, 0.2) is 8.32 Å². The van der Waals surface area contributed by atoms with Crippen molar-refractivity contribution >= 4 is 8.32 Å². The van der Waals surface area contributed by atoms with E-state index in [4.69, 9.17) is 9.69 Å². The predicted octanol–water partition coefficient (Wildman–Crippen LogP) is 3.73. The van der Waals surface area contributed by atoms with Gasteiger partial charge in [-0.15, -0.1) is 0 Å². The lowest BCUT2D eigenvalue weighted by Gasteiger charge is -2.28. The second-order valence-electron chi connectivity index (χ2n) is 6.01. The van der Waals surface area contributed by atoms with E-state index in [1.54, 1.807) is 0 Å². The summed E-state index contributed by atoms with van der Waals surface area (Å²) in [4.78, 5) is 0. The smallest absolute Gasteiger partial charge is 0.185 e. The lowest BCUT2D eigenvalue weighted by Crippen LogP contribution is -2.37. The van der Waals surface area contributed by atoms with Crippen molar-refractivity contribution in [3.63, 3.8) is 0 Å². The molecule has 0 heterocycles. The number of hydrogen-bond donors (Lipinski definition) is 0.